The molecule has 1 aromatic carbocycles. The smallest absolute Gasteiger partial charge is 0.224 e. The molecule has 1 aliphatic carbocycles. The Hall–Kier alpha value is -2.04. The molecule has 1 fully saturated rings. The molecular weight excluding hydrogens is 309 g/mol. The summed E-state index contributed by atoms with van der Waals surface area (Å²) in [4.78, 5) is 12.2. The summed E-state index contributed by atoms with van der Waals surface area (Å²) < 4.78 is 17.1. The van der Waals surface area contributed by atoms with Crippen LogP contribution < -0.4 is 10.1 Å². The van der Waals surface area contributed by atoms with E-state index >= 15 is 0 Å². The molecule has 0 heterocycles. The molecule has 0 unspecified atom stereocenters. The molecule has 1 amide bonds. The molecule has 4 nitrogen and oxygen atoms in total. The number of hydrogen-bond acceptors (Lipinski definition) is 3. The summed E-state index contributed by atoms with van der Waals surface area (Å²) in [6.45, 7) is -0.302. The fourth-order valence-corrected chi connectivity index (χ4v) is 3.10. The number of hydrogen-bond donors (Lipinski definition) is 2. The molecule has 2 N–H and O–H groups in total. The zero-order valence-electron chi connectivity index (χ0n) is 14.1. The number of aromatic hydroxyl groups is 1. The quantitative estimate of drug-likeness (QED) is 0.750. The van der Waals surface area contributed by atoms with Gasteiger partial charge in [0, 0.05) is 6.04 Å². The van der Waals surface area contributed by atoms with Crippen LogP contribution in [0.5, 0.6) is 11.5 Å². The second-order valence-electron chi connectivity index (χ2n) is 6.27. The first-order valence-electron chi connectivity index (χ1n) is 8.50. The molecular formula is C19H26FNO3. The number of ether oxygens (including phenoxy) is 1. The Labute approximate surface area is 142 Å². The van der Waals surface area contributed by atoms with Crippen LogP contribution in [-0.2, 0) is 11.2 Å². The van der Waals surface area contributed by atoms with Crippen molar-refractivity contribution in [2.75, 3.05) is 13.8 Å². The maximum atomic E-state index is 12.2. The normalized spacial score (nSPS) is 20.9. The molecule has 0 spiro atoms. The molecule has 1 saturated carbocycles. The Bertz CT molecular complexity index is 566. The van der Waals surface area contributed by atoms with Gasteiger partial charge < -0.3 is 15.2 Å². The standard InChI is InChI=1S/C19H26FNO3/c1-24-18-12-15(7-10-17(18)22)13-19(23)21-16-8-5-14(6-9-16)4-2-3-11-20/h2,4,7,10,12,14,16,22H,3,5-6,8-9,11,13H2,1H3,(H,21,23). The highest BCUT2D eigenvalue weighted by atomic mass is 19.1. The second kappa shape index (κ2) is 9.30. The predicted octanol–water partition coefficient (Wildman–Crippen LogP) is 3.53. The van der Waals surface area contributed by atoms with Gasteiger partial charge in [-0.05, 0) is 55.7 Å². The van der Waals surface area contributed by atoms with Crippen molar-refractivity contribution in [2.24, 2.45) is 5.92 Å². The summed E-state index contributed by atoms with van der Waals surface area (Å²) in [7, 11) is 1.49. The molecule has 0 saturated heterocycles. The van der Waals surface area contributed by atoms with Crippen molar-refractivity contribution >= 4 is 5.91 Å². The van der Waals surface area contributed by atoms with E-state index in [-0.39, 0.29) is 30.8 Å². The highest BCUT2D eigenvalue weighted by Crippen LogP contribution is 2.27. The van der Waals surface area contributed by atoms with E-state index in [9.17, 15) is 14.3 Å². The van der Waals surface area contributed by atoms with Gasteiger partial charge in [0.25, 0.3) is 0 Å². The van der Waals surface area contributed by atoms with Gasteiger partial charge in [0.2, 0.25) is 5.91 Å². The minimum atomic E-state index is -0.302. The molecule has 0 aromatic heterocycles. The number of allylic oxidation sites excluding steroid dienone is 2. The van der Waals surface area contributed by atoms with Crippen molar-refractivity contribution < 1.29 is 19.0 Å². The van der Waals surface area contributed by atoms with Gasteiger partial charge in [-0.25, -0.2) is 0 Å². The lowest BCUT2D eigenvalue weighted by molar-refractivity contribution is -0.121. The molecule has 0 radical (unpaired) electrons. The third kappa shape index (κ3) is 5.55. The number of methoxy groups -OCH3 is 1. The maximum Gasteiger partial charge on any atom is 0.224 e. The molecule has 132 valence electrons. The van der Waals surface area contributed by atoms with Crippen LogP contribution >= 0.6 is 0 Å². The third-order valence-corrected chi connectivity index (χ3v) is 4.43. The van der Waals surface area contributed by atoms with Crippen molar-refractivity contribution in [1.29, 1.82) is 0 Å². The lowest BCUT2D eigenvalue weighted by atomic mass is 9.85. The average molecular weight is 335 g/mol. The number of halogens is 1. The number of phenolic OH excluding ortho intramolecular Hbond substituents is 1. The second-order valence-corrected chi connectivity index (χ2v) is 6.27. The Balaban J connectivity index is 1.77. The van der Waals surface area contributed by atoms with Crippen LogP contribution in [0.4, 0.5) is 4.39 Å². The summed E-state index contributed by atoms with van der Waals surface area (Å²) in [6, 6.07) is 5.16. The fourth-order valence-electron chi connectivity index (χ4n) is 3.10. The fraction of sp³-hybridized carbons (Fsp3) is 0.526. The molecule has 0 aliphatic heterocycles. The minimum Gasteiger partial charge on any atom is -0.504 e. The van der Waals surface area contributed by atoms with Crippen LogP contribution in [0.2, 0.25) is 0 Å². The van der Waals surface area contributed by atoms with Crippen LogP contribution in [0.25, 0.3) is 0 Å². The number of benzene rings is 1. The largest absolute Gasteiger partial charge is 0.504 e. The van der Waals surface area contributed by atoms with Crippen molar-refractivity contribution in [1.82, 2.24) is 5.32 Å². The van der Waals surface area contributed by atoms with Crippen molar-refractivity contribution in [2.45, 2.75) is 44.6 Å². The van der Waals surface area contributed by atoms with Crippen molar-refractivity contribution in [3.05, 3.63) is 35.9 Å². The third-order valence-electron chi connectivity index (χ3n) is 4.43. The number of alkyl halides is 1. The number of carbonyl (C=O) groups excluding carboxylic acids is 1. The van der Waals surface area contributed by atoms with Crippen LogP contribution in [-0.4, -0.2) is 30.8 Å². The van der Waals surface area contributed by atoms with Gasteiger partial charge >= 0.3 is 0 Å². The van der Waals surface area contributed by atoms with Gasteiger partial charge in [0.1, 0.15) is 0 Å². The molecule has 0 bridgehead atoms. The van der Waals surface area contributed by atoms with E-state index < -0.39 is 0 Å². The van der Waals surface area contributed by atoms with Gasteiger partial charge in [0.15, 0.2) is 11.5 Å². The first kappa shape index (κ1) is 18.3. The summed E-state index contributed by atoms with van der Waals surface area (Å²) >= 11 is 0. The maximum absolute atomic E-state index is 12.2. The Morgan fingerprint density at radius 3 is 2.79 bits per heavy atom. The van der Waals surface area contributed by atoms with Crippen LogP contribution in [0.1, 0.15) is 37.7 Å². The monoisotopic (exact) mass is 335 g/mol. The first-order chi connectivity index (χ1) is 11.6. The van der Waals surface area contributed by atoms with Crippen molar-refractivity contribution in [3.8, 4) is 11.5 Å². The average Bonchev–Trinajstić information content (AvgIpc) is 2.58. The van der Waals surface area contributed by atoms with E-state index in [1.165, 1.54) is 13.2 Å². The molecule has 24 heavy (non-hydrogen) atoms. The lowest BCUT2D eigenvalue weighted by Crippen LogP contribution is -2.38. The Kier molecular flexibility index (Phi) is 7.09. The van der Waals surface area contributed by atoms with E-state index in [2.05, 4.69) is 11.4 Å². The SMILES string of the molecule is COc1cc(CC(=O)NC2CCC(C=CCCF)CC2)ccc1O. The molecule has 5 heteroatoms. The van der Waals surface area contributed by atoms with E-state index in [0.717, 1.165) is 31.2 Å². The van der Waals surface area contributed by atoms with Crippen LogP contribution in [0, 0.1) is 5.92 Å². The predicted molar refractivity (Wildman–Crippen MR) is 92.0 cm³/mol. The number of phenols is 1. The van der Waals surface area contributed by atoms with E-state index in [1.54, 1.807) is 12.1 Å². The molecule has 1 aromatic rings. The number of rotatable bonds is 7. The van der Waals surface area contributed by atoms with E-state index in [4.69, 9.17) is 4.74 Å². The first-order valence-corrected chi connectivity index (χ1v) is 8.50. The Morgan fingerprint density at radius 2 is 2.12 bits per heavy atom. The highest BCUT2D eigenvalue weighted by molar-refractivity contribution is 5.79. The summed E-state index contributed by atoms with van der Waals surface area (Å²) in [5.74, 6) is 0.937. The van der Waals surface area contributed by atoms with Crippen molar-refractivity contribution in [3.63, 3.8) is 0 Å². The van der Waals surface area contributed by atoms with Crippen LogP contribution in [0.15, 0.2) is 30.4 Å². The van der Waals surface area contributed by atoms with Gasteiger partial charge in [-0.15, -0.1) is 0 Å². The molecule has 0 atom stereocenters. The van der Waals surface area contributed by atoms with Gasteiger partial charge in [0.05, 0.1) is 20.2 Å². The molecule has 1 aliphatic rings. The van der Waals surface area contributed by atoms with Gasteiger partial charge in [-0.2, -0.15) is 0 Å². The number of nitrogens with one attached hydrogen (secondary N) is 1. The summed E-state index contributed by atoms with van der Waals surface area (Å²) in [5, 5.41) is 12.7. The van der Waals surface area contributed by atoms with Gasteiger partial charge in [-0.1, -0.05) is 18.2 Å². The summed E-state index contributed by atoms with van der Waals surface area (Å²) in [5.41, 5.74) is 0.810. The number of amides is 1. The minimum absolute atomic E-state index is 0.0147. The highest BCUT2D eigenvalue weighted by Gasteiger charge is 2.21. The molecule has 2 rings (SSSR count). The summed E-state index contributed by atoms with van der Waals surface area (Å²) in [6.07, 6.45) is 8.76. The van der Waals surface area contributed by atoms with Crippen LogP contribution in [0.3, 0.4) is 0 Å². The van der Waals surface area contributed by atoms with Gasteiger partial charge in [-0.3, -0.25) is 9.18 Å². The number of carbonyl (C=O) groups is 1. The zero-order valence-corrected chi connectivity index (χ0v) is 14.1. The lowest BCUT2D eigenvalue weighted by Gasteiger charge is -2.27. The Morgan fingerprint density at radius 1 is 1.38 bits per heavy atom. The van der Waals surface area contributed by atoms with E-state index in [1.807, 2.05) is 6.08 Å². The van der Waals surface area contributed by atoms with E-state index in [0.29, 0.717) is 18.1 Å². The topological polar surface area (TPSA) is 58.6 Å². The zero-order chi connectivity index (χ0) is 17.4.